The van der Waals surface area contributed by atoms with Crippen molar-refractivity contribution >= 4 is 46.3 Å². The maximum absolute atomic E-state index is 12.6. The molecule has 2 aromatic carbocycles. The van der Waals surface area contributed by atoms with E-state index < -0.39 is 6.09 Å². The summed E-state index contributed by atoms with van der Waals surface area (Å²) in [5.74, 6) is 3.95. The Kier molecular flexibility index (Phi) is 9.37. The fourth-order valence-electron chi connectivity index (χ4n) is 3.84. The molecule has 0 aromatic heterocycles. The molecule has 1 fully saturated rings. The fourth-order valence-corrected chi connectivity index (χ4v) is 5.56. The van der Waals surface area contributed by atoms with Crippen molar-refractivity contribution in [3.8, 4) is 11.5 Å². The number of benzene rings is 2. The molecule has 1 saturated heterocycles. The molecule has 36 heavy (non-hydrogen) atoms. The number of nitrogens with zero attached hydrogens (tertiary/aromatic N) is 3. The lowest BCUT2D eigenvalue weighted by atomic mass is 10.1. The van der Waals surface area contributed by atoms with E-state index in [-0.39, 0.29) is 11.8 Å². The molecule has 0 saturated carbocycles. The van der Waals surface area contributed by atoms with E-state index >= 15 is 0 Å². The molecule has 2 heterocycles. The van der Waals surface area contributed by atoms with E-state index in [1.807, 2.05) is 48.2 Å². The predicted molar refractivity (Wildman–Crippen MR) is 145 cm³/mol. The maximum Gasteiger partial charge on any atom is 0.411 e. The summed E-state index contributed by atoms with van der Waals surface area (Å²) >= 11 is 3.15. The van der Waals surface area contributed by atoms with Gasteiger partial charge in [0.2, 0.25) is 0 Å². The first-order valence-corrected chi connectivity index (χ1v) is 13.8. The summed E-state index contributed by atoms with van der Waals surface area (Å²) in [5.41, 5.74) is 3.07. The summed E-state index contributed by atoms with van der Waals surface area (Å²) in [4.78, 5) is 27.1. The summed E-state index contributed by atoms with van der Waals surface area (Å²) in [7, 11) is 3.17. The van der Waals surface area contributed by atoms with Gasteiger partial charge in [0.25, 0.3) is 0 Å². The third kappa shape index (κ3) is 7.08. The number of thioether (sulfide) groups is 2. The number of carbonyl (C=O) groups excluding carboxylic acids is 2. The van der Waals surface area contributed by atoms with Crippen LogP contribution in [0.15, 0.2) is 47.6 Å². The van der Waals surface area contributed by atoms with Gasteiger partial charge in [0, 0.05) is 48.1 Å². The van der Waals surface area contributed by atoms with E-state index in [1.54, 1.807) is 20.3 Å². The highest BCUT2D eigenvalue weighted by Crippen LogP contribution is 2.30. The Balaban J connectivity index is 1.36. The van der Waals surface area contributed by atoms with Crippen LogP contribution in [0.25, 0.3) is 0 Å². The number of amides is 2. The lowest BCUT2D eigenvalue weighted by Crippen LogP contribution is -2.35. The maximum atomic E-state index is 12.6. The van der Waals surface area contributed by atoms with E-state index in [0.29, 0.717) is 29.5 Å². The number of nitrogens with one attached hydrogen (secondary N) is 1. The van der Waals surface area contributed by atoms with E-state index in [1.165, 1.54) is 16.8 Å². The predicted octanol–water partition coefficient (Wildman–Crippen LogP) is 4.37. The molecule has 2 aliphatic heterocycles. The molecule has 0 radical (unpaired) electrons. The number of hydrogen-bond acceptors (Lipinski definition) is 9. The van der Waals surface area contributed by atoms with E-state index in [2.05, 4.69) is 15.3 Å². The molecule has 0 aliphatic carbocycles. The van der Waals surface area contributed by atoms with Crippen LogP contribution in [0.3, 0.4) is 0 Å². The minimum Gasteiger partial charge on any atom is -0.493 e. The smallest absolute Gasteiger partial charge is 0.411 e. The Hall–Kier alpha value is -2.89. The molecular formula is C25H30N4O5S2. The van der Waals surface area contributed by atoms with Crippen LogP contribution in [0.4, 0.5) is 15.3 Å². The molecule has 9 nitrogen and oxygen atoms in total. The minimum absolute atomic E-state index is 0.131. The number of methoxy groups -OCH3 is 2. The zero-order chi connectivity index (χ0) is 25.3. The van der Waals surface area contributed by atoms with Gasteiger partial charge in [0.1, 0.15) is 6.61 Å². The second-order valence-electron chi connectivity index (χ2n) is 8.14. The van der Waals surface area contributed by atoms with Gasteiger partial charge in [-0.1, -0.05) is 23.9 Å². The van der Waals surface area contributed by atoms with E-state index in [9.17, 15) is 9.59 Å². The van der Waals surface area contributed by atoms with Gasteiger partial charge >= 0.3 is 11.3 Å². The van der Waals surface area contributed by atoms with Gasteiger partial charge in [-0.3, -0.25) is 15.0 Å². The minimum atomic E-state index is -0.489. The molecule has 192 valence electrons. The topological polar surface area (TPSA) is 92.7 Å². The average Bonchev–Trinajstić information content (AvgIpc) is 2.90. The number of carbonyl (C=O) groups is 2. The van der Waals surface area contributed by atoms with Crippen LogP contribution in [-0.2, 0) is 11.3 Å². The molecular weight excluding hydrogens is 500 g/mol. The van der Waals surface area contributed by atoms with Gasteiger partial charge in [-0.2, -0.15) is 16.9 Å². The van der Waals surface area contributed by atoms with Crippen LogP contribution in [0.1, 0.15) is 11.1 Å². The second-order valence-corrected chi connectivity index (χ2v) is 10.3. The van der Waals surface area contributed by atoms with Crippen molar-refractivity contribution in [1.82, 2.24) is 9.91 Å². The number of hydrazone groups is 1. The third-order valence-corrected chi connectivity index (χ3v) is 7.57. The molecule has 2 amide bonds. The molecule has 11 heteroatoms. The van der Waals surface area contributed by atoms with Crippen LogP contribution in [0.5, 0.6) is 11.5 Å². The van der Waals surface area contributed by atoms with Crippen LogP contribution < -0.4 is 14.8 Å². The summed E-state index contributed by atoms with van der Waals surface area (Å²) in [6.07, 6.45) is -0.489. The Morgan fingerprint density at radius 2 is 1.89 bits per heavy atom. The average molecular weight is 531 g/mol. The van der Waals surface area contributed by atoms with Crippen molar-refractivity contribution in [2.24, 2.45) is 5.10 Å². The Labute approximate surface area is 219 Å². The third-order valence-electron chi connectivity index (χ3n) is 5.75. The highest BCUT2D eigenvalue weighted by Gasteiger charge is 2.23. The molecule has 0 bridgehead atoms. The second kappa shape index (κ2) is 12.9. The van der Waals surface area contributed by atoms with Crippen molar-refractivity contribution in [3.05, 3.63) is 53.6 Å². The largest absolute Gasteiger partial charge is 0.493 e. The van der Waals surface area contributed by atoms with Crippen LogP contribution in [0, 0.1) is 0 Å². The highest BCUT2D eigenvalue weighted by molar-refractivity contribution is 8.14. The quantitative estimate of drug-likeness (QED) is 0.511. The lowest BCUT2D eigenvalue weighted by Gasteiger charge is -2.25. The number of ether oxygens (including phenoxy) is 3. The normalized spacial score (nSPS) is 16.3. The van der Waals surface area contributed by atoms with Crippen molar-refractivity contribution < 1.29 is 23.8 Å². The molecule has 2 aliphatic rings. The first kappa shape index (κ1) is 26.2. The highest BCUT2D eigenvalue weighted by atomic mass is 32.2. The molecule has 4 rings (SSSR count). The van der Waals surface area contributed by atoms with Crippen molar-refractivity contribution in [3.63, 3.8) is 0 Å². The number of rotatable bonds is 9. The van der Waals surface area contributed by atoms with Gasteiger partial charge < -0.3 is 14.2 Å². The summed E-state index contributed by atoms with van der Waals surface area (Å²) < 4.78 is 16.1. The van der Waals surface area contributed by atoms with Crippen molar-refractivity contribution in [2.75, 3.05) is 63.0 Å². The Morgan fingerprint density at radius 3 is 2.67 bits per heavy atom. The van der Waals surface area contributed by atoms with E-state index in [4.69, 9.17) is 14.2 Å². The molecule has 2 aromatic rings. The summed E-state index contributed by atoms with van der Waals surface area (Å²) in [6, 6.07) is 12.9. The SMILES string of the molecule is COc1ccc(C2=NN(Cc3cccc(NC(=O)OCCN4CCSCC4)c3)C(=O)SC2)cc1OC. The molecule has 0 unspecified atom stereocenters. The Morgan fingerprint density at radius 1 is 1.08 bits per heavy atom. The van der Waals surface area contributed by atoms with Gasteiger partial charge in [-0.05, 0) is 35.9 Å². The van der Waals surface area contributed by atoms with Crippen LogP contribution >= 0.6 is 23.5 Å². The van der Waals surface area contributed by atoms with Gasteiger partial charge in [0.05, 0.1) is 26.5 Å². The van der Waals surface area contributed by atoms with E-state index in [0.717, 1.165) is 48.0 Å². The van der Waals surface area contributed by atoms with Gasteiger partial charge in [-0.25, -0.2) is 9.80 Å². The first-order valence-electron chi connectivity index (χ1n) is 11.6. The first-order chi connectivity index (χ1) is 17.6. The van der Waals surface area contributed by atoms with Crippen molar-refractivity contribution in [2.45, 2.75) is 6.54 Å². The molecule has 0 atom stereocenters. The van der Waals surface area contributed by atoms with Crippen molar-refractivity contribution in [1.29, 1.82) is 0 Å². The summed E-state index contributed by atoms with van der Waals surface area (Å²) in [6.45, 7) is 3.43. The number of hydrogen-bond donors (Lipinski definition) is 1. The van der Waals surface area contributed by atoms with Crippen LogP contribution in [-0.4, -0.2) is 84.7 Å². The standard InChI is InChI=1S/C25H30N4O5S2/c1-32-22-7-6-19(15-23(22)33-2)21-17-36-25(31)29(27-21)16-18-4-3-5-20(14-18)26-24(30)34-11-8-28-9-12-35-13-10-28/h3-7,14-15H,8-13,16-17H2,1-2H3,(H,26,30). The lowest BCUT2D eigenvalue weighted by molar-refractivity contribution is 0.142. The van der Waals surface area contributed by atoms with Gasteiger partial charge in [-0.15, -0.1) is 0 Å². The molecule has 1 N–H and O–H groups in total. The Bertz CT molecular complexity index is 1110. The zero-order valence-corrected chi connectivity index (χ0v) is 22.0. The molecule has 0 spiro atoms. The van der Waals surface area contributed by atoms with Gasteiger partial charge in [0.15, 0.2) is 11.5 Å². The fraction of sp³-hybridized carbons (Fsp3) is 0.400. The zero-order valence-electron chi connectivity index (χ0n) is 20.4. The summed E-state index contributed by atoms with van der Waals surface area (Å²) in [5, 5.41) is 8.68. The van der Waals surface area contributed by atoms with Crippen LogP contribution in [0.2, 0.25) is 0 Å². The number of anilines is 1. The monoisotopic (exact) mass is 530 g/mol.